The summed E-state index contributed by atoms with van der Waals surface area (Å²) in [6.45, 7) is 1.56. The molecular weight excluding hydrogens is 358 g/mol. The normalized spacial score (nSPS) is 11.7. The molecule has 0 aliphatic rings. The maximum atomic E-state index is 12.0. The average Bonchev–Trinajstić information content (AvgIpc) is 2.72. The Morgan fingerprint density at radius 1 is 1.47 bits per heavy atom. The van der Waals surface area contributed by atoms with Gasteiger partial charge in [0.05, 0.1) is 11.6 Å². The van der Waals surface area contributed by atoms with Crippen molar-refractivity contribution in [3.8, 4) is 0 Å². The molecule has 0 saturated carbocycles. The number of hydrogen-bond donors (Lipinski definition) is 1. The van der Waals surface area contributed by atoms with Crippen LogP contribution in [0.15, 0.2) is 32.1 Å². The van der Waals surface area contributed by atoms with Gasteiger partial charge in [-0.15, -0.1) is 0 Å². The molecule has 0 atom stereocenters. The van der Waals surface area contributed by atoms with Gasteiger partial charge in [0.25, 0.3) is 0 Å². The van der Waals surface area contributed by atoms with Crippen LogP contribution in [0.4, 0.5) is 0 Å². The molecule has 1 aromatic carbocycles. The number of nitrogens with zero attached hydrogens (tertiary/aromatic N) is 2. The van der Waals surface area contributed by atoms with Gasteiger partial charge in [-0.3, -0.25) is 0 Å². The number of aryl methyl sites for hydroxylation is 1. The van der Waals surface area contributed by atoms with E-state index in [9.17, 15) is 8.42 Å². The van der Waals surface area contributed by atoms with Crippen LogP contribution in [0.5, 0.6) is 0 Å². The minimum Gasteiger partial charge on any atom is -0.338 e. The SMILES string of the molecule is Cc1noc(CNS(=O)(=O)c2ccc(Br)cc2Cl)n1. The van der Waals surface area contributed by atoms with Crippen molar-refractivity contribution in [3.63, 3.8) is 0 Å². The van der Waals surface area contributed by atoms with Crippen molar-refractivity contribution < 1.29 is 12.9 Å². The van der Waals surface area contributed by atoms with Crippen molar-refractivity contribution >= 4 is 37.6 Å². The van der Waals surface area contributed by atoms with Crippen LogP contribution in [0.25, 0.3) is 0 Å². The van der Waals surface area contributed by atoms with E-state index in [-0.39, 0.29) is 22.4 Å². The van der Waals surface area contributed by atoms with Gasteiger partial charge in [-0.2, -0.15) is 4.98 Å². The fourth-order valence-corrected chi connectivity index (χ4v) is 3.35. The van der Waals surface area contributed by atoms with Crippen LogP contribution >= 0.6 is 27.5 Å². The molecule has 0 amide bonds. The first kappa shape index (κ1) is 14.4. The van der Waals surface area contributed by atoms with Crippen molar-refractivity contribution in [1.82, 2.24) is 14.9 Å². The van der Waals surface area contributed by atoms with Crippen LogP contribution in [-0.4, -0.2) is 18.6 Å². The van der Waals surface area contributed by atoms with Crippen LogP contribution in [0, 0.1) is 6.92 Å². The molecule has 0 bridgehead atoms. The summed E-state index contributed by atoms with van der Waals surface area (Å²) in [6, 6.07) is 4.51. The van der Waals surface area contributed by atoms with E-state index in [0.29, 0.717) is 10.3 Å². The lowest BCUT2D eigenvalue weighted by Crippen LogP contribution is -2.23. The molecule has 1 aromatic heterocycles. The third-order valence-electron chi connectivity index (χ3n) is 2.17. The second-order valence-corrected chi connectivity index (χ2v) is 6.69. The van der Waals surface area contributed by atoms with E-state index in [0.717, 1.165) is 0 Å². The number of aromatic nitrogens is 2. The second kappa shape index (κ2) is 5.58. The molecule has 9 heteroatoms. The molecule has 102 valence electrons. The van der Waals surface area contributed by atoms with Crippen molar-refractivity contribution in [2.75, 3.05) is 0 Å². The highest BCUT2D eigenvalue weighted by Gasteiger charge is 2.18. The first-order chi connectivity index (χ1) is 8.88. The Kier molecular flexibility index (Phi) is 4.24. The molecule has 0 fully saturated rings. The number of benzene rings is 1. The Labute approximate surface area is 123 Å². The molecule has 1 N–H and O–H groups in total. The summed E-state index contributed by atoms with van der Waals surface area (Å²) >= 11 is 9.11. The monoisotopic (exact) mass is 365 g/mol. The predicted molar refractivity (Wildman–Crippen MR) is 72.2 cm³/mol. The van der Waals surface area contributed by atoms with Gasteiger partial charge >= 0.3 is 0 Å². The summed E-state index contributed by atoms with van der Waals surface area (Å²) in [6.07, 6.45) is 0. The third-order valence-corrected chi connectivity index (χ3v) is 4.54. The van der Waals surface area contributed by atoms with E-state index < -0.39 is 10.0 Å². The van der Waals surface area contributed by atoms with Crippen molar-refractivity contribution in [3.05, 3.63) is 39.4 Å². The van der Waals surface area contributed by atoms with E-state index in [1.54, 1.807) is 13.0 Å². The molecule has 0 unspecified atom stereocenters. The summed E-state index contributed by atoms with van der Waals surface area (Å²) in [5.41, 5.74) is 0. The molecule has 6 nitrogen and oxygen atoms in total. The topological polar surface area (TPSA) is 85.1 Å². The molecule has 2 rings (SSSR count). The number of halogens is 2. The summed E-state index contributed by atoms with van der Waals surface area (Å²) in [7, 11) is -3.73. The van der Waals surface area contributed by atoms with Gasteiger partial charge in [0.1, 0.15) is 4.90 Å². The first-order valence-corrected chi connectivity index (χ1v) is 7.78. The molecule has 19 heavy (non-hydrogen) atoms. The minimum atomic E-state index is -3.73. The molecule has 1 heterocycles. The van der Waals surface area contributed by atoms with Crippen LogP contribution in [0.2, 0.25) is 5.02 Å². The summed E-state index contributed by atoms with van der Waals surface area (Å²) < 4.78 is 31.9. The summed E-state index contributed by atoms with van der Waals surface area (Å²) in [4.78, 5) is 3.89. The lowest BCUT2D eigenvalue weighted by Gasteiger charge is -2.06. The maximum absolute atomic E-state index is 12.0. The smallest absolute Gasteiger partial charge is 0.242 e. The summed E-state index contributed by atoms with van der Waals surface area (Å²) in [5, 5.41) is 3.69. The van der Waals surface area contributed by atoms with Crippen molar-refractivity contribution in [2.45, 2.75) is 18.4 Å². The number of rotatable bonds is 4. The Hall–Kier alpha value is -0.960. The second-order valence-electron chi connectivity index (χ2n) is 3.63. The maximum Gasteiger partial charge on any atom is 0.242 e. The Morgan fingerprint density at radius 3 is 2.79 bits per heavy atom. The standard InChI is InChI=1S/C10H9BrClN3O3S/c1-6-14-10(18-15-6)5-13-19(16,17)9-3-2-7(11)4-8(9)12/h2-4,13H,5H2,1H3. The Bertz CT molecular complexity index is 702. The van der Waals surface area contributed by atoms with E-state index in [4.69, 9.17) is 16.1 Å². The average molecular weight is 367 g/mol. The van der Waals surface area contributed by atoms with Gasteiger partial charge in [0.15, 0.2) is 5.82 Å². The predicted octanol–water partition coefficient (Wildman–Crippen LogP) is 2.27. The molecule has 0 saturated heterocycles. The highest BCUT2D eigenvalue weighted by Crippen LogP contribution is 2.25. The van der Waals surface area contributed by atoms with Gasteiger partial charge < -0.3 is 4.52 Å². The highest BCUT2D eigenvalue weighted by atomic mass is 79.9. The van der Waals surface area contributed by atoms with Gasteiger partial charge in [-0.25, -0.2) is 13.1 Å². The molecule has 0 spiro atoms. The molecule has 0 radical (unpaired) electrons. The first-order valence-electron chi connectivity index (χ1n) is 5.12. The van der Waals surface area contributed by atoms with Gasteiger partial charge in [-0.1, -0.05) is 32.7 Å². The van der Waals surface area contributed by atoms with Crippen LogP contribution in [0.1, 0.15) is 11.7 Å². The van der Waals surface area contributed by atoms with Gasteiger partial charge in [0.2, 0.25) is 15.9 Å². The zero-order valence-corrected chi connectivity index (χ0v) is 12.9. The van der Waals surface area contributed by atoms with Gasteiger partial charge in [-0.05, 0) is 25.1 Å². The van der Waals surface area contributed by atoms with Crippen LogP contribution in [0.3, 0.4) is 0 Å². The zero-order valence-electron chi connectivity index (χ0n) is 9.72. The Balaban J connectivity index is 2.18. The van der Waals surface area contributed by atoms with E-state index >= 15 is 0 Å². The lowest BCUT2D eigenvalue weighted by molar-refractivity contribution is 0.372. The van der Waals surface area contributed by atoms with Crippen molar-refractivity contribution in [2.24, 2.45) is 0 Å². The zero-order chi connectivity index (χ0) is 14.0. The van der Waals surface area contributed by atoms with E-state index in [2.05, 4.69) is 30.8 Å². The largest absolute Gasteiger partial charge is 0.338 e. The quantitative estimate of drug-likeness (QED) is 0.897. The molecular formula is C10H9BrClN3O3S. The van der Waals surface area contributed by atoms with Crippen LogP contribution < -0.4 is 4.72 Å². The fraction of sp³-hybridized carbons (Fsp3) is 0.200. The van der Waals surface area contributed by atoms with Crippen LogP contribution in [-0.2, 0) is 16.6 Å². The van der Waals surface area contributed by atoms with Gasteiger partial charge in [0, 0.05) is 4.47 Å². The number of sulfonamides is 1. The van der Waals surface area contributed by atoms with E-state index in [1.807, 2.05) is 0 Å². The highest BCUT2D eigenvalue weighted by molar-refractivity contribution is 9.10. The fourth-order valence-electron chi connectivity index (χ4n) is 1.34. The minimum absolute atomic E-state index is 0.00592. The van der Waals surface area contributed by atoms with Crippen molar-refractivity contribution in [1.29, 1.82) is 0 Å². The molecule has 0 aliphatic carbocycles. The third kappa shape index (κ3) is 3.53. The number of nitrogens with one attached hydrogen (secondary N) is 1. The molecule has 0 aliphatic heterocycles. The molecule has 2 aromatic rings. The number of hydrogen-bond acceptors (Lipinski definition) is 5. The Morgan fingerprint density at radius 2 is 2.21 bits per heavy atom. The lowest BCUT2D eigenvalue weighted by atomic mass is 10.4. The summed E-state index contributed by atoms with van der Waals surface area (Å²) in [5.74, 6) is 0.630. The van der Waals surface area contributed by atoms with E-state index in [1.165, 1.54) is 12.1 Å².